The number of nitrogens with zero attached hydrogens (tertiary/aromatic N) is 6. The van der Waals surface area contributed by atoms with Gasteiger partial charge in [0.2, 0.25) is 0 Å². The number of hydrogen-bond donors (Lipinski definition) is 0. The second-order valence-electron chi connectivity index (χ2n) is 6.20. The molecule has 9 heteroatoms. The van der Waals surface area contributed by atoms with Gasteiger partial charge in [-0.1, -0.05) is 0 Å². The Morgan fingerprint density at radius 2 is 2.00 bits per heavy atom. The predicted octanol–water partition coefficient (Wildman–Crippen LogP) is 0.548. The molecular formula is C15H22N6O2S. The molecule has 0 bridgehead atoms. The van der Waals surface area contributed by atoms with E-state index in [4.69, 9.17) is 0 Å². The summed E-state index contributed by atoms with van der Waals surface area (Å²) in [6.45, 7) is 1.06. The summed E-state index contributed by atoms with van der Waals surface area (Å²) in [5.74, 6) is 0.239. The Labute approximate surface area is 142 Å². The van der Waals surface area contributed by atoms with Gasteiger partial charge in [-0.25, -0.2) is 0 Å². The minimum Gasteiger partial charge on any atom is -0.266 e. The summed E-state index contributed by atoms with van der Waals surface area (Å²) in [5.41, 5.74) is 2.61. The normalized spacial score (nSPS) is 19.2. The van der Waals surface area contributed by atoms with Gasteiger partial charge >= 0.3 is 0 Å². The van der Waals surface area contributed by atoms with Crippen molar-refractivity contribution in [2.24, 2.45) is 13.0 Å². The van der Waals surface area contributed by atoms with E-state index in [0.717, 1.165) is 23.5 Å². The van der Waals surface area contributed by atoms with Crippen LogP contribution in [0.15, 0.2) is 24.7 Å². The summed E-state index contributed by atoms with van der Waals surface area (Å²) >= 11 is 0. The Kier molecular flexibility index (Phi) is 4.66. The highest BCUT2D eigenvalue weighted by atomic mass is 32.2. The van der Waals surface area contributed by atoms with E-state index in [1.807, 2.05) is 13.1 Å². The molecule has 0 aliphatic carbocycles. The van der Waals surface area contributed by atoms with Gasteiger partial charge in [0.25, 0.3) is 10.2 Å². The van der Waals surface area contributed by atoms with E-state index in [9.17, 15) is 8.42 Å². The van der Waals surface area contributed by atoms with Gasteiger partial charge < -0.3 is 0 Å². The summed E-state index contributed by atoms with van der Waals surface area (Å²) in [5, 5.41) is 4.19. The van der Waals surface area contributed by atoms with Gasteiger partial charge in [0.05, 0.1) is 11.4 Å². The van der Waals surface area contributed by atoms with E-state index in [1.165, 1.54) is 8.61 Å². The van der Waals surface area contributed by atoms with Crippen molar-refractivity contribution >= 4 is 10.2 Å². The van der Waals surface area contributed by atoms with Gasteiger partial charge in [-0.2, -0.15) is 22.1 Å². The monoisotopic (exact) mass is 350 g/mol. The van der Waals surface area contributed by atoms with Crippen LogP contribution >= 0.6 is 0 Å². The van der Waals surface area contributed by atoms with Gasteiger partial charge in [-0.3, -0.25) is 14.6 Å². The van der Waals surface area contributed by atoms with Crippen molar-refractivity contribution in [1.29, 1.82) is 0 Å². The quantitative estimate of drug-likeness (QED) is 0.786. The van der Waals surface area contributed by atoms with Gasteiger partial charge in [-0.15, -0.1) is 0 Å². The summed E-state index contributed by atoms with van der Waals surface area (Å²) in [4.78, 5) is 8.94. The zero-order chi connectivity index (χ0) is 17.3. The van der Waals surface area contributed by atoms with Gasteiger partial charge in [0.15, 0.2) is 0 Å². The van der Waals surface area contributed by atoms with Crippen LogP contribution in [-0.4, -0.2) is 64.0 Å². The first-order valence-electron chi connectivity index (χ1n) is 7.85. The van der Waals surface area contributed by atoms with Gasteiger partial charge in [-0.05, 0) is 24.8 Å². The molecule has 3 rings (SSSR count). The fourth-order valence-electron chi connectivity index (χ4n) is 3.01. The second kappa shape index (κ2) is 6.58. The molecule has 2 aromatic heterocycles. The Morgan fingerprint density at radius 3 is 2.67 bits per heavy atom. The SMILES string of the molecule is CN(C)S(=O)(=O)N1CCC(Cc2nccnc2-c2ccnn2C)C1. The average molecular weight is 350 g/mol. The van der Waals surface area contributed by atoms with Crippen LogP contribution in [-0.2, 0) is 23.7 Å². The molecule has 1 fully saturated rings. The van der Waals surface area contributed by atoms with Crippen LogP contribution < -0.4 is 0 Å². The summed E-state index contributed by atoms with van der Waals surface area (Å²) in [7, 11) is 1.65. The van der Waals surface area contributed by atoms with Crippen molar-refractivity contribution in [3.8, 4) is 11.4 Å². The summed E-state index contributed by atoms with van der Waals surface area (Å²) in [6.07, 6.45) is 6.61. The van der Waals surface area contributed by atoms with Crippen LogP contribution in [0, 0.1) is 5.92 Å². The molecule has 1 aliphatic rings. The molecule has 0 aromatic carbocycles. The third-order valence-electron chi connectivity index (χ3n) is 4.36. The second-order valence-corrected chi connectivity index (χ2v) is 8.34. The van der Waals surface area contributed by atoms with Crippen molar-refractivity contribution in [1.82, 2.24) is 28.4 Å². The molecule has 0 spiro atoms. The minimum absolute atomic E-state index is 0.239. The zero-order valence-corrected chi connectivity index (χ0v) is 14.9. The number of aromatic nitrogens is 4. The Hall–Kier alpha value is -1.84. The molecule has 1 saturated heterocycles. The highest BCUT2D eigenvalue weighted by molar-refractivity contribution is 7.86. The standard InChI is InChI=1S/C15H22N6O2S/c1-19(2)24(22,23)21-9-5-12(11-21)10-13-15(17-8-7-16-13)14-4-6-18-20(14)3/h4,6-8,12H,5,9-11H2,1-3H3. The van der Waals surface area contributed by atoms with Gasteiger partial charge in [0.1, 0.15) is 5.69 Å². The van der Waals surface area contributed by atoms with Crippen molar-refractivity contribution in [2.75, 3.05) is 27.2 Å². The first kappa shape index (κ1) is 17.0. The van der Waals surface area contributed by atoms with Crippen molar-refractivity contribution in [3.63, 3.8) is 0 Å². The number of aryl methyl sites for hydroxylation is 1. The van der Waals surface area contributed by atoms with Crippen LogP contribution in [0.4, 0.5) is 0 Å². The molecule has 0 amide bonds. The maximum Gasteiger partial charge on any atom is 0.281 e. The maximum absolute atomic E-state index is 12.2. The van der Waals surface area contributed by atoms with E-state index in [0.29, 0.717) is 19.5 Å². The van der Waals surface area contributed by atoms with E-state index < -0.39 is 10.2 Å². The third kappa shape index (κ3) is 3.19. The lowest BCUT2D eigenvalue weighted by Gasteiger charge is -2.21. The molecule has 0 saturated carbocycles. The molecular weight excluding hydrogens is 328 g/mol. The molecule has 1 atom stereocenters. The van der Waals surface area contributed by atoms with Crippen LogP contribution in [0.2, 0.25) is 0 Å². The lowest BCUT2D eigenvalue weighted by molar-refractivity contribution is 0.409. The molecule has 130 valence electrons. The zero-order valence-electron chi connectivity index (χ0n) is 14.1. The topological polar surface area (TPSA) is 84.2 Å². The molecule has 8 nitrogen and oxygen atoms in total. The fraction of sp³-hybridized carbons (Fsp3) is 0.533. The molecule has 0 N–H and O–H groups in total. The van der Waals surface area contributed by atoms with Crippen molar-refractivity contribution in [3.05, 3.63) is 30.4 Å². The predicted molar refractivity (Wildman–Crippen MR) is 90.2 cm³/mol. The lowest BCUT2D eigenvalue weighted by atomic mass is 10.0. The van der Waals surface area contributed by atoms with Gasteiger partial charge in [0, 0.05) is 52.8 Å². The summed E-state index contributed by atoms with van der Waals surface area (Å²) in [6, 6.07) is 1.91. The van der Waals surface area contributed by atoms with E-state index in [2.05, 4.69) is 15.1 Å². The largest absolute Gasteiger partial charge is 0.281 e. The molecule has 24 heavy (non-hydrogen) atoms. The first-order chi connectivity index (χ1) is 11.4. The number of rotatable bonds is 5. The van der Waals surface area contributed by atoms with E-state index in [-0.39, 0.29) is 5.92 Å². The molecule has 1 unspecified atom stereocenters. The molecule has 2 aromatic rings. The lowest BCUT2D eigenvalue weighted by Crippen LogP contribution is -2.38. The highest BCUT2D eigenvalue weighted by Gasteiger charge is 2.33. The minimum atomic E-state index is -3.35. The maximum atomic E-state index is 12.2. The first-order valence-corrected chi connectivity index (χ1v) is 9.25. The average Bonchev–Trinajstić information content (AvgIpc) is 3.17. The highest BCUT2D eigenvalue weighted by Crippen LogP contribution is 2.27. The van der Waals surface area contributed by atoms with Crippen molar-refractivity contribution < 1.29 is 8.42 Å². The summed E-state index contributed by atoms with van der Waals surface area (Å²) < 4.78 is 29.1. The Morgan fingerprint density at radius 1 is 1.25 bits per heavy atom. The van der Waals surface area contributed by atoms with Crippen LogP contribution in [0.5, 0.6) is 0 Å². The number of hydrogen-bond acceptors (Lipinski definition) is 5. The van der Waals surface area contributed by atoms with Crippen LogP contribution in [0.25, 0.3) is 11.4 Å². The third-order valence-corrected chi connectivity index (χ3v) is 6.26. The van der Waals surface area contributed by atoms with E-state index in [1.54, 1.807) is 37.4 Å². The van der Waals surface area contributed by atoms with Crippen LogP contribution in [0.1, 0.15) is 12.1 Å². The molecule has 0 radical (unpaired) electrons. The van der Waals surface area contributed by atoms with Crippen molar-refractivity contribution in [2.45, 2.75) is 12.8 Å². The molecule has 1 aliphatic heterocycles. The van der Waals surface area contributed by atoms with E-state index >= 15 is 0 Å². The molecule has 3 heterocycles. The smallest absolute Gasteiger partial charge is 0.266 e. The Bertz CT molecular complexity index is 817. The fourth-order valence-corrected chi connectivity index (χ4v) is 4.21. The van der Waals surface area contributed by atoms with Crippen LogP contribution in [0.3, 0.4) is 0 Å². The Balaban J connectivity index is 1.78.